The first-order chi connectivity index (χ1) is 16.7. The van der Waals surface area contributed by atoms with Gasteiger partial charge < -0.3 is 9.42 Å². The molecule has 0 N–H and O–H groups in total. The maximum absolute atomic E-state index is 12.7. The van der Waals surface area contributed by atoms with Crippen molar-refractivity contribution in [1.82, 2.24) is 34.9 Å². The van der Waals surface area contributed by atoms with Gasteiger partial charge in [-0.1, -0.05) is 28.6 Å². The van der Waals surface area contributed by atoms with Crippen molar-refractivity contribution in [2.45, 2.75) is 25.8 Å². The number of thiophene rings is 1. The maximum Gasteiger partial charge on any atom is 0.277 e. The molecule has 4 heterocycles. The molecular weight excluding hydrogens is 454 g/mol. The molecule has 0 atom stereocenters. The molecule has 1 fully saturated rings. The van der Waals surface area contributed by atoms with Crippen molar-refractivity contribution in [2.75, 3.05) is 32.7 Å². The molecule has 1 saturated heterocycles. The zero-order chi connectivity index (χ0) is 23.3. The van der Waals surface area contributed by atoms with Gasteiger partial charge in [0, 0.05) is 39.0 Å². The van der Waals surface area contributed by atoms with E-state index >= 15 is 0 Å². The second kappa shape index (κ2) is 10.2. The SMILES string of the molecule is O=C(CCn1nnc2ccccc2c1=O)N1CCN(CCCc2nc(-c3cccs3)no2)CC1. The highest BCUT2D eigenvalue weighted by molar-refractivity contribution is 7.13. The Kier molecular flexibility index (Phi) is 6.72. The lowest BCUT2D eigenvalue weighted by molar-refractivity contribution is -0.133. The third-order valence-electron chi connectivity index (χ3n) is 5.97. The van der Waals surface area contributed by atoms with Gasteiger partial charge in [0.25, 0.3) is 5.56 Å². The Balaban J connectivity index is 1.05. The Hall–Kier alpha value is -3.44. The maximum atomic E-state index is 12.7. The number of fused-ring (bicyclic) bond motifs is 1. The highest BCUT2D eigenvalue weighted by Crippen LogP contribution is 2.21. The monoisotopic (exact) mass is 479 g/mol. The van der Waals surface area contributed by atoms with Gasteiger partial charge in [-0.05, 0) is 36.5 Å². The molecule has 1 aliphatic heterocycles. The van der Waals surface area contributed by atoms with E-state index in [1.165, 1.54) is 4.68 Å². The third kappa shape index (κ3) is 5.05. The molecule has 0 bridgehead atoms. The largest absolute Gasteiger partial charge is 0.340 e. The smallest absolute Gasteiger partial charge is 0.277 e. The van der Waals surface area contributed by atoms with Gasteiger partial charge in [-0.2, -0.15) is 4.98 Å². The number of aromatic nitrogens is 5. The summed E-state index contributed by atoms with van der Waals surface area (Å²) < 4.78 is 6.64. The summed E-state index contributed by atoms with van der Waals surface area (Å²) in [4.78, 5) is 34.9. The van der Waals surface area contributed by atoms with E-state index in [4.69, 9.17) is 4.52 Å². The minimum Gasteiger partial charge on any atom is -0.340 e. The quantitative estimate of drug-likeness (QED) is 0.378. The van der Waals surface area contributed by atoms with Crippen LogP contribution in [0.25, 0.3) is 21.6 Å². The van der Waals surface area contributed by atoms with Crippen LogP contribution in [-0.4, -0.2) is 73.6 Å². The highest BCUT2D eigenvalue weighted by atomic mass is 32.1. The van der Waals surface area contributed by atoms with Gasteiger partial charge in [-0.15, -0.1) is 16.4 Å². The molecule has 4 aromatic rings. The molecule has 0 spiro atoms. The molecule has 1 aromatic carbocycles. The Morgan fingerprint density at radius 2 is 1.91 bits per heavy atom. The second-order valence-corrected chi connectivity index (χ2v) is 9.15. The van der Waals surface area contributed by atoms with Crippen LogP contribution in [0.5, 0.6) is 0 Å². The van der Waals surface area contributed by atoms with Crippen LogP contribution in [0.4, 0.5) is 0 Å². The fraction of sp³-hybridized carbons (Fsp3) is 0.391. The number of hydrogen-bond acceptors (Lipinski definition) is 9. The summed E-state index contributed by atoms with van der Waals surface area (Å²) >= 11 is 1.59. The van der Waals surface area contributed by atoms with Crippen molar-refractivity contribution in [3.8, 4) is 10.7 Å². The predicted octanol–water partition coefficient (Wildman–Crippen LogP) is 2.07. The summed E-state index contributed by atoms with van der Waals surface area (Å²) in [5.74, 6) is 1.34. The summed E-state index contributed by atoms with van der Waals surface area (Å²) in [7, 11) is 0. The van der Waals surface area contributed by atoms with Crippen LogP contribution in [0.2, 0.25) is 0 Å². The second-order valence-electron chi connectivity index (χ2n) is 8.20. The lowest BCUT2D eigenvalue weighted by Crippen LogP contribution is -2.49. The summed E-state index contributed by atoms with van der Waals surface area (Å²) in [6, 6.07) is 11.0. The Bertz CT molecular complexity index is 1310. The molecule has 1 amide bonds. The average molecular weight is 480 g/mol. The minimum atomic E-state index is -0.216. The van der Waals surface area contributed by atoms with E-state index in [1.54, 1.807) is 29.5 Å². The van der Waals surface area contributed by atoms with Gasteiger partial charge in [0.15, 0.2) is 0 Å². The first-order valence-electron chi connectivity index (χ1n) is 11.4. The van der Waals surface area contributed by atoms with Gasteiger partial charge in [0.2, 0.25) is 17.6 Å². The van der Waals surface area contributed by atoms with Crippen molar-refractivity contribution in [3.05, 3.63) is 58.0 Å². The number of amides is 1. The fourth-order valence-corrected chi connectivity index (χ4v) is 4.72. The normalized spacial score (nSPS) is 14.6. The number of carbonyl (C=O) groups is 1. The van der Waals surface area contributed by atoms with Crippen molar-refractivity contribution in [3.63, 3.8) is 0 Å². The number of nitrogens with zero attached hydrogens (tertiary/aromatic N) is 7. The van der Waals surface area contributed by atoms with Crippen LogP contribution in [0.1, 0.15) is 18.7 Å². The first-order valence-corrected chi connectivity index (χ1v) is 12.2. The molecule has 3 aromatic heterocycles. The Morgan fingerprint density at radius 1 is 1.06 bits per heavy atom. The standard InChI is InChI=1S/C23H25N7O3S/c31-21(9-11-30-23(32)17-5-1-2-6-18(17)25-27-30)29-14-12-28(13-15-29)10-3-8-20-24-22(26-33-20)19-7-4-16-34-19/h1-2,4-7,16H,3,8-15H2. The third-order valence-corrected chi connectivity index (χ3v) is 6.83. The number of aryl methyl sites for hydroxylation is 2. The lowest BCUT2D eigenvalue weighted by Gasteiger charge is -2.34. The molecule has 5 rings (SSSR count). The van der Waals surface area contributed by atoms with Gasteiger partial charge in [-0.3, -0.25) is 14.5 Å². The minimum absolute atomic E-state index is 0.0356. The topological polar surface area (TPSA) is 110 Å². The summed E-state index contributed by atoms with van der Waals surface area (Å²) in [6.07, 6.45) is 1.89. The number of benzene rings is 1. The Morgan fingerprint density at radius 3 is 2.74 bits per heavy atom. The van der Waals surface area contributed by atoms with Crippen molar-refractivity contribution in [2.24, 2.45) is 0 Å². The van der Waals surface area contributed by atoms with E-state index in [-0.39, 0.29) is 24.4 Å². The average Bonchev–Trinajstić information content (AvgIpc) is 3.56. The van der Waals surface area contributed by atoms with Crippen LogP contribution in [0.15, 0.2) is 51.1 Å². The van der Waals surface area contributed by atoms with Crippen molar-refractivity contribution >= 4 is 28.1 Å². The molecule has 1 aliphatic rings. The number of piperazine rings is 1. The van der Waals surface area contributed by atoms with Crippen LogP contribution in [0.3, 0.4) is 0 Å². The number of carbonyl (C=O) groups excluding carboxylic acids is 1. The Labute approximate surface area is 199 Å². The number of rotatable bonds is 8. The zero-order valence-corrected chi connectivity index (χ0v) is 19.5. The van der Waals surface area contributed by atoms with Crippen LogP contribution >= 0.6 is 11.3 Å². The summed E-state index contributed by atoms with van der Waals surface area (Å²) in [5, 5.41) is 14.6. The first kappa shape index (κ1) is 22.4. The molecule has 10 nitrogen and oxygen atoms in total. The van der Waals surface area contributed by atoms with Gasteiger partial charge in [0.1, 0.15) is 5.52 Å². The summed E-state index contributed by atoms with van der Waals surface area (Å²) in [6.45, 7) is 4.16. The van der Waals surface area contributed by atoms with E-state index in [0.717, 1.165) is 37.4 Å². The van der Waals surface area contributed by atoms with E-state index in [2.05, 4.69) is 25.4 Å². The molecule has 176 valence electrons. The van der Waals surface area contributed by atoms with Gasteiger partial charge in [0.05, 0.1) is 16.8 Å². The lowest BCUT2D eigenvalue weighted by atomic mass is 10.2. The molecule has 34 heavy (non-hydrogen) atoms. The van der Waals surface area contributed by atoms with Crippen molar-refractivity contribution in [1.29, 1.82) is 0 Å². The predicted molar refractivity (Wildman–Crippen MR) is 127 cm³/mol. The van der Waals surface area contributed by atoms with E-state index < -0.39 is 0 Å². The van der Waals surface area contributed by atoms with Crippen LogP contribution in [0, 0.1) is 0 Å². The van der Waals surface area contributed by atoms with Crippen LogP contribution in [-0.2, 0) is 17.8 Å². The highest BCUT2D eigenvalue weighted by Gasteiger charge is 2.21. The van der Waals surface area contributed by atoms with E-state index in [0.29, 0.717) is 35.7 Å². The number of hydrogen-bond donors (Lipinski definition) is 0. The molecular formula is C23H25N7O3S. The fourth-order valence-electron chi connectivity index (χ4n) is 4.07. The van der Waals surface area contributed by atoms with Gasteiger partial charge >= 0.3 is 0 Å². The van der Waals surface area contributed by atoms with E-state index in [9.17, 15) is 9.59 Å². The zero-order valence-electron chi connectivity index (χ0n) is 18.7. The molecule has 0 radical (unpaired) electrons. The molecule has 11 heteroatoms. The van der Waals surface area contributed by atoms with Gasteiger partial charge in [-0.25, -0.2) is 4.68 Å². The molecule has 0 saturated carbocycles. The summed E-state index contributed by atoms with van der Waals surface area (Å²) in [5.41, 5.74) is 0.347. The molecule has 0 aliphatic carbocycles. The van der Waals surface area contributed by atoms with Crippen LogP contribution < -0.4 is 5.56 Å². The van der Waals surface area contributed by atoms with E-state index in [1.807, 2.05) is 28.5 Å². The molecule has 0 unspecified atom stereocenters. The van der Waals surface area contributed by atoms with Crippen molar-refractivity contribution < 1.29 is 9.32 Å².